The monoisotopic (exact) mass is 240 g/mol. The molecular formula is C11H7ClF2N2. The van der Waals surface area contributed by atoms with Gasteiger partial charge in [0.25, 0.3) is 0 Å². The Kier molecular flexibility index (Phi) is 2.75. The summed E-state index contributed by atoms with van der Waals surface area (Å²) >= 11 is 5.65. The Morgan fingerprint density at radius 2 is 1.88 bits per heavy atom. The van der Waals surface area contributed by atoms with Crippen LogP contribution in [-0.2, 0) is 0 Å². The fourth-order valence-electron chi connectivity index (χ4n) is 1.35. The van der Waals surface area contributed by atoms with Crippen molar-refractivity contribution < 1.29 is 8.78 Å². The Bertz CT molecular complexity index is 544. The van der Waals surface area contributed by atoms with Crippen molar-refractivity contribution >= 4 is 17.3 Å². The van der Waals surface area contributed by atoms with Crippen molar-refractivity contribution in [2.45, 2.75) is 0 Å². The molecule has 0 saturated heterocycles. The third kappa shape index (κ3) is 1.97. The molecule has 2 rings (SSSR count). The molecule has 1 aromatic carbocycles. The third-order valence-electron chi connectivity index (χ3n) is 2.13. The molecule has 0 unspecified atom stereocenters. The van der Waals surface area contributed by atoms with Crippen molar-refractivity contribution in [1.29, 1.82) is 0 Å². The molecule has 0 aliphatic rings. The molecule has 0 spiro atoms. The van der Waals surface area contributed by atoms with Crippen LogP contribution in [0.25, 0.3) is 11.1 Å². The average Bonchev–Trinajstić information content (AvgIpc) is 2.26. The van der Waals surface area contributed by atoms with Crippen molar-refractivity contribution in [1.82, 2.24) is 4.98 Å². The number of aromatic nitrogens is 1. The maximum atomic E-state index is 13.4. The zero-order chi connectivity index (χ0) is 11.7. The highest BCUT2D eigenvalue weighted by atomic mass is 35.5. The number of anilines is 1. The van der Waals surface area contributed by atoms with E-state index in [1.165, 1.54) is 24.3 Å². The minimum Gasteiger partial charge on any atom is -0.396 e. The summed E-state index contributed by atoms with van der Waals surface area (Å²) in [5.41, 5.74) is 6.06. The highest BCUT2D eigenvalue weighted by Crippen LogP contribution is 2.27. The molecular weight excluding hydrogens is 234 g/mol. The summed E-state index contributed by atoms with van der Waals surface area (Å²) in [6, 6.07) is 5.33. The first-order valence-electron chi connectivity index (χ1n) is 4.44. The van der Waals surface area contributed by atoms with Crippen LogP contribution in [0.1, 0.15) is 0 Å². The van der Waals surface area contributed by atoms with Gasteiger partial charge in [0.2, 0.25) is 0 Å². The molecule has 1 aromatic heterocycles. The van der Waals surface area contributed by atoms with Gasteiger partial charge in [-0.1, -0.05) is 17.7 Å². The first kappa shape index (κ1) is 10.8. The predicted molar refractivity (Wildman–Crippen MR) is 59.0 cm³/mol. The summed E-state index contributed by atoms with van der Waals surface area (Å²) in [6.07, 6.45) is 1.01. The molecule has 0 radical (unpaired) electrons. The second-order valence-corrected chi connectivity index (χ2v) is 3.61. The van der Waals surface area contributed by atoms with E-state index in [0.717, 1.165) is 6.20 Å². The topological polar surface area (TPSA) is 38.9 Å². The molecule has 0 bridgehead atoms. The maximum absolute atomic E-state index is 13.4. The second-order valence-electron chi connectivity index (χ2n) is 3.22. The van der Waals surface area contributed by atoms with Crippen molar-refractivity contribution in [3.05, 3.63) is 47.2 Å². The van der Waals surface area contributed by atoms with Crippen LogP contribution < -0.4 is 5.73 Å². The zero-order valence-corrected chi connectivity index (χ0v) is 8.80. The van der Waals surface area contributed by atoms with E-state index in [9.17, 15) is 8.78 Å². The number of pyridine rings is 1. The molecule has 2 N–H and O–H groups in total. The number of rotatable bonds is 1. The van der Waals surface area contributed by atoms with Crippen LogP contribution in [0.3, 0.4) is 0 Å². The summed E-state index contributed by atoms with van der Waals surface area (Å²) in [4.78, 5) is 3.59. The number of hydrogen-bond acceptors (Lipinski definition) is 2. The molecule has 2 nitrogen and oxygen atoms in total. The van der Waals surface area contributed by atoms with Crippen LogP contribution in [0.5, 0.6) is 0 Å². The van der Waals surface area contributed by atoms with Crippen molar-refractivity contribution in [3.8, 4) is 11.1 Å². The summed E-state index contributed by atoms with van der Waals surface area (Å²) < 4.78 is 26.4. The highest BCUT2D eigenvalue weighted by Gasteiger charge is 2.08. The van der Waals surface area contributed by atoms with E-state index in [1.54, 1.807) is 0 Å². The van der Waals surface area contributed by atoms with Gasteiger partial charge in [0.05, 0.1) is 11.9 Å². The van der Waals surface area contributed by atoms with Gasteiger partial charge in [0.1, 0.15) is 16.8 Å². The normalized spacial score (nSPS) is 10.4. The van der Waals surface area contributed by atoms with Gasteiger partial charge in [-0.05, 0) is 23.8 Å². The number of nitrogens with two attached hydrogens (primary N) is 1. The Labute approximate surface area is 95.7 Å². The number of halogens is 3. The number of benzene rings is 1. The predicted octanol–water partition coefficient (Wildman–Crippen LogP) is 3.26. The van der Waals surface area contributed by atoms with E-state index >= 15 is 0 Å². The Hall–Kier alpha value is -1.68. The van der Waals surface area contributed by atoms with Crippen LogP contribution in [0.2, 0.25) is 5.15 Å². The van der Waals surface area contributed by atoms with E-state index < -0.39 is 11.6 Å². The molecule has 2 aromatic rings. The SMILES string of the molecule is Nc1cc(-c2cc(Cl)ncc2F)ccc1F. The molecule has 0 fully saturated rings. The number of nitrogens with zero attached hydrogens (tertiary/aromatic N) is 1. The van der Waals surface area contributed by atoms with Crippen molar-refractivity contribution in [2.24, 2.45) is 0 Å². The smallest absolute Gasteiger partial charge is 0.149 e. The lowest BCUT2D eigenvalue weighted by Crippen LogP contribution is -1.92. The van der Waals surface area contributed by atoms with E-state index in [1.807, 2.05) is 0 Å². The lowest BCUT2D eigenvalue weighted by Gasteiger charge is -2.05. The average molecular weight is 241 g/mol. The molecule has 0 amide bonds. The Balaban J connectivity index is 2.58. The maximum Gasteiger partial charge on any atom is 0.149 e. The molecule has 1 heterocycles. The highest BCUT2D eigenvalue weighted by molar-refractivity contribution is 6.29. The van der Waals surface area contributed by atoms with E-state index in [0.29, 0.717) is 5.56 Å². The largest absolute Gasteiger partial charge is 0.396 e. The quantitative estimate of drug-likeness (QED) is 0.614. The second kappa shape index (κ2) is 4.06. The zero-order valence-electron chi connectivity index (χ0n) is 8.05. The Morgan fingerprint density at radius 3 is 2.56 bits per heavy atom. The molecule has 5 heteroatoms. The van der Waals surface area contributed by atoms with Gasteiger partial charge in [0.15, 0.2) is 0 Å². The first-order chi connectivity index (χ1) is 7.58. The van der Waals surface area contributed by atoms with Crippen molar-refractivity contribution in [3.63, 3.8) is 0 Å². The Morgan fingerprint density at radius 1 is 1.12 bits per heavy atom. The van der Waals surface area contributed by atoms with Gasteiger partial charge < -0.3 is 5.73 Å². The summed E-state index contributed by atoms with van der Waals surface area (Å²) in [5.74, 6) is -1.07. The third-order valence-corrected chi connectivity index (χ3v) is 2.34. The number of hydrogen-bond donors (Lipinski definition) is 1. The van der Waals surface area contributed by atoms with Crippen LogP contribution in [0, 0.1) is 11.6 Å². The van der Waals surface area contributed by atoms with Gasteiger partial charge >= 0.3 is 0 Å². The van der Waals surface area contributed by atoms with Crippen LogP contribution >= 0.6 is 11.6 Å². The van der Waals surface area contributed by atoms with Gasteiger partial charge in [-0.3, -0.25) is 0 Å². The van der Waals surface area contributed by atoms with Crippen molar-refractivity contribution in [2.75, 3.05) is 5.73 Å². The van der Waals surface area contributed by atoms with Crippen LogP contribution in [0.4, 0.5) is 14.5 Å². The van der Waals surface area contributed by atoms with Gasteiger partial charge in [-0.2, -0.15) is 0 Å². The van der Waals surface area contributed by atoms with Gasteiger partial charge in [-0.25, -0.2) is 13.8 Å². The number of nitrogen functional groups attached to an aromatic ring is 1. The minimum atomic E-state index is -0.538. The molecule has 0 aliphatic heterocycles. The van der Waals surface area contributed by atoms with E-state index in [2.05, 4.69) is 4.98 Å². The lowest BCUT2D eigenvalue weighted by atomic mass is 10.1. The standard InChI is InChI=1S/C11H7ClF2N2/c12-11-4-7(9(14)5-16-11)6-1-2-8(13)10(15)3-6/h1-5H,15H2. The van der Waals surface area contributed by atoms with Gasteiger partial charge in [0, 0.05) is 5.56 Å². The van der Waals surface area contributed by atoms with Crippen LogP contribution in [0.15, 0.2) is 30.5 Å². The summed E-state index contributed by atoms with van der Waals surface area (Å²) in [5, 5.41) is 0.166. The lowest BCUT2D eigenvalue weighted by molar-refractivity contribution is 0.624. The first-order valence-corrected chi connectivity index (χ1v) is 4.82. The molecule has 0 aliphatic carbocycles. The summed E-state index contributed by atoms with van der Waals surface area (Å²) in [7, 11) is 0. The van der Waals surface area contributed by atoms with E-state index in [4.69, 9.17) is 17.3 Å². The van der Waals surface area contributed by atoms with E-state index in [-0.39, 0.29) is 16.4 Å². The van der Waals surface area contributed by atoms with Gasteiger partial charge in [-0.15, -0.1) is 0 Å². The fraction of sp³-hybridized carbons (Fsp3) is 0. The fourth-order valence-corrected chi connectivity index (χ4v) is 1.50. The molecule has 16 heavy (non-hydrogen) atoms. The molecule has 82 valence electrons. The summed E-state index contributed by atoms with van der Waals surface area (Å²) in [6.45, 7) is 0. The molecule has 0 saturated carbocycles. The molecule has 0 atom stereocenters. The van der Waals surface area contributed by atoms with Crippen LogP contribution in [-0.4, -0.2) is 4.98 Å². The minimum absolute atomic E-state index is 0.0372.